The van der Waals surface area contributed by atoms with Gasteiger partial charge in [0.2, 0.25) is 0 Å². The molecule has 2 aromatic carbocycles. The first-order valence-corrected chi connectivity index (χ1v) is 8.34. The van der Waals surface area contributed by atoms with Crippen LogP contribution in [0.2, 0.25) is 10.0 Å². The molecule has 138 valence electrons. The average molecular weight is 398 g/mol. The minimum absolute atomic E-state index is 0.0282. The highest BCUT2D eigenvalue weighted by Gasteiger charge is 2.12. The molecule has 0 radical (unpaired) electrons. The molecule has 0 atom stereocenters. The summed E-state index contributed by atoms with van der Waals surface area (Å²) in [5.74, 6) is 0.644. The number of carbonyl (C=O) groups excluding carboxylic acids is 1. The van der Waals surface area contributed by atoms with Crippen molar-refractivity contribution >= 4 is 46.7 Å². The Morgan fingerprint density at radius 1 is 1.00 bits per heavy atom. The largest absolute Gasteiger partial charge is 0.465 e. The van der Waals surface area contributed by atoms with Gasteiger partial charge in [-0.1, -0.05) is 23.2 Å². The van der Waals surface area contributed by atoms with Crippen LogP contribution in [0.25, 0.3) is 0 Å². The molecule has 0 aliphatic carbocycles. The van der Waals surface area contributed by atoms with Gasteiger partial charge in [0.15, 0.2) is 5.75 Å². The maximum atomic E-state index is 11.7. The zero-order chi connectivity index (χ0) is 19.3. The van der Waals surface area contributed by atoms with Crippen LogP contribution in [-0.2, 0) is 0 Å². The predicted molar refractivity (Wildman–Crippen MR) is 102 cm³/mol. The van der Waals surface area contributed by atoms with Crippen LogP contribution in [0.4, 0.5) is 21.0 Å². The Bertz CT molecular complexity index is 787. The van der Waals surface area contributed by atoms with Crippen LogP contribution in [0.5, 0.6) is 11.5 Å². The number of amides is 3. The summed E-state index contributed by atoms with van der Waals surface area (Å²) in [6.07, 6.45) is -1.23. The van der Waals surface area contributed by atoms with E-state index < -0.39 is 6.09 Å². The Labute approximate surface area is 160 Å². The van der Waals surface area contributed by atoms with Crippen LogP contribution in [0.1, 0.15) is 13.8 Å². The molecule has 0 aromatic heterocycles. The molecule has 0 spiro atoms. The molecule has 26 heavy (non-hydrogen) atoms. The molecule has 4 N–H and O–H groups in total. The van der Waals surface area contributed by atoms with Crippen molar-refractivity contribution in [2.45, 2.75) is 19.9 Å². The smallest absolute Gasteiger partial charge is 0.409 e. The van der Waals surface area contributed by atoms with Gasteiger partial charge in [-0.25, -0.2) is 9.59 Å². The molecule has 0 saturated heterocycles. The highest BCUT2D eigenvalue weighted by Crippen LogP contribution is 2.39. The van der Waals surface area contributed by atoms with Crippen LogP contribution >= 0.6 is 23.2 Å². The van der Waals surface area contributed by atoms with Crippen molar-refractivity contribution in [1.29, 1.82) is 0 Å². The molecule has 0 unspecified atom stereocenters. The second-order valence-electron chi connectivity index (χ2n) is 5.58. The van der Waals surface area contributed by atoms with E-state index in [1.807, 2.05) is 13.8 Å². The summed E-state index contributed by atoms with van der Waals surface area (Å²) in [6, 6.07) is 9.12. The van der Waals surface area contributed by atoms with Gasteiger partial charge in [0.1, 0.15) is 5.75 Å². The van der Waals surface area contributed by atoms with Crippen molar-refractivity contribution in [3.63, 3.8) is 0 Å². The topological polar surface area (TPSA) is 99.7 Å². The summed E-state index contributed by atoms with van der Waals surface area (Å²) in [6.45, 7) is 3.72. The van der Waals surface area contributed by atoms with Crippen molar-refractivity contribution < 1.29 is 19.4 Å². The Hall–Kier alpha value is -2.64. The normalized spacial score (nSPS) is 10.3. The Morgan fingerprint density at radius 2 is 1.58 bits per heavy atom. The molecule has 0 saturated carbocycles. The van der Waals surface area contributed by atoms with Crippen molar-refractivity contribution in [3.05, 3.63) is 46.4 Å². The number of rotatable bonds is 5. The van der Waals surface area contributed by atoms with Gasteiger partial charge in [0.05, 0.1) is 10.0 Å². The number of halogens is 2. The Balaban J connectivity index is 2.09. The highest BCUT2D eigenvalue weighted by atomic mass is 35.5. The lowest BCUT2D eigenvalue weighted by molar-refractivity contribution is 0.209. The van der Waals surface area contributed by atoms with E-state index in [1.54, 1.807) is 24.3 Å². The summed E-state index contributed by atoms with van der Waals surface area (Å²) in [5.41, 5.74) is 0.823. The van der Waals surface area contributed by atoms with Gasteiger partial charge in [-0.2, -0.15) is 0 Å². The molecular weight excluding hydrogens is 381 g/mol. The third-order valence-electron chi connectivity index (χ3n) is 3.00. The fourth-order valence-corrected chi connectivity index (χ4v) is 2.57. The zero-order valence-electron chi connectivity index (χ0n) is 14.0. The minimum Gasteiger partial charge on any atom is -0.465 e. The van der Waals surface area contributed by atoms with Gasteiger partial charge in [0, 0.05) is 17.4 Å². The van der Waals surface area contributed by atoms with Crippen molar-refractivity contribution in [2.75, 3.05) is 10.6 Å². The monoisotopic (exact) mass is 397 g/mol. The predicted octanol–water partition coefficient (Wildman–Crippen LogP) is 5.41. The molecule has 2 aromatic rings. The van der Waals surface area contributed by atoms with Crippen LogP contribution in [0.3, 0.4) is 0 Å². The van der Waals surface area contributed by atoms with Crippen molar-refractivity contribution in [2.24, 2.45) is 0 Å². The number of hydrogen-bond acceptors (Lipinski definition) is 3. The van der Waals surface area contributed by atoms with Crippen LogP contribution < -0.4 is 20.7 Å². The molecule has 2 rings (SSSR count). The second kappa shape index (κ2) is 8.64. The molecule has 0 aliphatic rings. The first kappa shape index (κ1) is 19.7. The summed E-state index contributed by atoms with van der Waals surface area (Å²) in [5, 5.41) is 16.6. The number of carboxylic acid groups (broad SMARTS) is 1. The summed E-state index contributed by atoms with van der Waals surface area (Å²) in [7, 11) is 0. The van der Waals surface area contributed by atoms with Crippen LogP contribution in [0.15, 0.2) is 36.4 Å². The number of ether oxygens (including phenoxy) is 1. The summed E-state index contributed by atoms with van der Waals surface area (Å²) < 4.78 is 5.66. The van der Waals surface area contributed by atoms with Gasteiger partial charge in [0.25, 0.3) is 0 Å². The Morgan fingerprint density at radius 3 is 2.08 bits per heavy atom. The van der Waals surface area contributed by atoms with Crippen molar-refractivity contribution in [3.8, 4) is 11.5 Å². The average Bonchev–Trinajstić information content (AvgIpc) is 2.51. The maximum Gasteiger partial charge on any atom is 0.409 e. The second-order valence-corrected chi connectivity index (χ2v) is 6.39. The summed E-state index contributed by atoms with van der Waals surface area (Å²) in [4.78, 5) is 22.3. The number of hydrogen-bond donors (Lipinski definition) is 4. The van der Waals surface area contributed by atoms with Gasteiger partial charge < -0.3 is 20.5 Å². The lowest BCUT2D eigenvalue weighted by Crippen LogP contribution is -2.34. The zero-order valence-corrected chi connectivity index (χ0v) is 15.5. The van der Waals surface area contributed by atoms with E-state index in [0.717, 1.165) is 0 Å². The SMILES string of the molecule is CC(C)NC(=O)Nc1ccc(Oc2c(Cl)cc(NC(=O)O)cc2Cl)cc1. The number of urea groups is 1. The molecule has 0 heterocycles. The van der Waals surface area contributed by atoms with E-state index in [-0.39, 0.29) is 33.6 Å². The molecular formula is C17H17Cl2N3O4. The van der Waals surface area contributed by atoms with Gasteiger partial charge in [-0.15, -0.1) is 0 Å². The van der Waals surface area contributed by atoms with Crippen LogP contribution in [0, 0.1) is 0 Å². The Kier molecular flexibility index (Phi) is 6.54. The first-order valence-electron chi connectivity index (χ1n) is 7.59. The van der Waals surface area contributed by atoms with Gasteiger partial charge in [-0.3, -0.25) is 5.32 Å². The quantitative estimate of drug-likeness (QED) is 0.541. The standard InChI is InChI=1S/C17H17Cl2N3O4/c1-9(2)20-16(23)21-10-3-5-12(6-4-10)26-15-13(18)7-11(8-14(15)19)22-17(24)25/h3-9,22H,1-2H3,(H,24,25)(H2,20,21,23). The minimum atomic E-state index is -1.23. The molecule has 0 fully saturated rings. The van der Waals surface area contributed by atoms with Gasteiger partial charge >= 0.3 is 12.1 Å². The number of benzene rings is 2. The number of carbonyl (C=O) groups is 2. The van der Waals surface area contributed by atoms with E-state index >= 15 is 0 Å². The van der Waals surface area contributed by atoms with E-state index in [2.05, 4.69) is 16.0 Å². The van der Waals surface area contributed by atoms with Crippen LogP contribution in [-0.4, -0.2) is 23.3 Å². The van der Waals surface area contributed by atoms with E-state index in [9.17, 15) is 9.59 Å². The van der Waals surface area contributed by atoms with E-state index in [1.165, 1.54) is 12.1 Å². The fourth-order valence-electron chi connectivity index (χ4n) is 2.01. The number of anilines is 2. The van der Waals surface area contributed by atoms with E-state index in [4.69, 9.17) is 33.0 Å². The molecule has 0 bridgehead atoms. The lowest BCUT2D eigenvalue weighted by Gasteiger charge is -2.13. The third-order valence-corrected chi connectivity index (χ3v) is 3.56. The highest BCUT2D eigenvalue weighted by molar-refractivity contribution is 6.37. The molecule has 3 amide bonds. The molecule has 7 nitrogen and oxygen atoms in total. The summed E-state index contributed by atoms with van der Waals surface area (Å²) >= 11 is 12.2. The number of nitrogens with one attached hydrogen (secondary N) is 3. The first-order chi connectivity index (χ1) is 12.2. The fraction of sp³-hybridized carbons (Fsp3) is 0.176. The maximum absolute atomic E-state index is 11.7. The van der Waals surface area contributed by atoms with E-state index in [0.29, 0.717) is 11.4 Å². The lowest BCUT2D eigenvalue weighted by atomic mass is 10.2. The van der Waals surface area contributed by atoms with Gasteiger partial charge in [-0.05, 0) is 50.2 Å². The molecule has 0 aliphatic heterocycles. The molecule has 9 heteroatoms. The third kappa shape index (κ3) is 5.72. The van der Waals surface area contributed by atoms with Crippen molar-refractivity contribution in [1.82, 2.24) is 5.32 Å².